The topological polar surface area (TPSA) is 16.6 Å². The van der Waals surface area contributed by atoms with Gasteiger partial charge in [0.2, 0.25) is 0 Å². The zero-order valence-electron chi connectivity index (χ0n) is 11.3. The second-order valence-corrected chi connectivity index (χ2v) is 4.59. The van der Waals surface area contributed by atoms with E-state index in [1.54, 1.807) is 0 Å². The molecule has 0 heterocycles. The summed E-state index contributed by atoms with van der Waals surface area (Å²) >= 11 is 0. The molecule has 0 spiro atoms. The van der Waals surface area contributed by atoms with Crippen LogP contribution in [0.15, 0.2) is 60.7 Å². The molecule has 0 saturated heterocycles. The van der Waals surface area contributed by atoms with Crippen molar-refractivity contribution in [2.45, 2.75) is 25.9 Å². The summed E-state index contributed by atoms with van der Waals surface area (Å²) in [5.41, 5.74) is 2.77. The normalized spacial score (nSPS) is 12.7. The van der Waals surface area contributed by atoms with Crippen molar-refractivity contribution >= 4 is 0 Å². The van der Waals surface area contributed by atoms with E-state index in [0.717, 1.165) is 0 Å². The lowest BCUT2D eigenvalue weighted by Gasteiger charge is -2.17. The van der Waals surface area contributed by atoms with Gasteiger partial charge in [-0.2, -0.15) is 0 Å². The molecule has 3 heteroatoms. The van der Waals surface area contributed by atoms with E-state index >= 15 is 0 Å². The maximum absolute atomic E-state index is 2.41. The molecule has 0 fully saturated rings. The van der Waals surface area contributed by atoms with Crippen molar-refractivity contribution in [2.24, 2.45) is 0 Å². The Morgan fingerprint density at radius 2 is 0.947 bits per heavy atom. The average molecular weight is 480 g/mol. The van der Waals surface area contributed by atoms with Crippen molar-refractivity contribution in [3.05, 3.63) is 71.8 Å². The molecule has 0 bridgehead atoms. The zero-order chi connectivity index (χ0) is 12.1. The number of hydrogen-bond acceptors (Lipinski definition) is 0. The Hall–Kier alpha value is -0.140. The molecule has 2 atom stereocenters. The fourth-order valence-corrected chi connectivity index (χ4v) is 2.17. The lowest BCUT2D eigenvalue weighted by atomic mass is 10.0. The standard InChI is InChI=1S/C16H19N.2HI/c1-13(15-9-5-3-6-10-15)17-14(2)16-11-7-4-8-12-16;;/h3-14,17H,1-2H3;2*1H/p-1/t13-,14-;;/m0../s1. The fraction of sp³-hybridized carbons (Fsp3) is 0.250. The predicted octanol–water partition coefficient (Wildman–Crippen LogP) is -2.92. The van der Waals surface area contributed by atoms with Crippen LogP contribution in [0.25, 0.3) is 0 Å². The lowest BCUT2D eigenvalue weighted by Crippen LogP contribution is -3.00. The molecule has 2 rings (SSSR count). The smallest absolute Gasteiger partial charge is 0.109 e. The van der Waals surface area contributed by atoms with E-state index in [0.29, 0.717) is 12.1 Å². The Morgan fingerprint density at radius 3 is 1.26 bits per heavy atom. The van der Waals surface area contributed by atoms with Crippen LogP contribution in [0.3, 0.4) is 0 Å². The van der Waals surface area contributed by atoms with E-state index in [2.05, 4.69) is 79.8 Å². The number of benzene rings is 2. The van der Waals surface area contributed by atoms with Gasteiger partial charge in [-0.1, -0.05) is 60.7 Å². The molecule has 1 nitrogen and oxygen atoms in total. The minimum absolute atomic E-state index is 0. The van der Waals surface area contributed by atoms with Gasteiger partial charge in [0.25, 0.3) is 0 Å². The van der Waals surface area contributed by atoms with Crippen LogP contribution in [0.1, 0.15) is 37.1 Å². The highest BCUT2D eigenvalue weighted by Gasteiger charge is 2.14. The van der Waals surface area contributed by atoms with Crippen molar-refractivity contribution in [1.29, 1.82) is 0 Å². The largest absolute Gasteiger partial charge is 1.00 e. The first kappa shape index (κ1) is 18.9. The van der Waals surface area contributed by atoms with Crippen LogP contribution in [-0.2, 0) is 0 Å². The van der Waals surface area contributed by atoms with Gasteiger partial charge in [-0.05, 0) is 13.8 Å². The van der Waals surface area contributed by atoms with Gasteiger partial charge in [-0.25, -0.2) is 0 Å². The molecule has 0 amide bonds. The first-order valence-electron chi connectivity index (χ1n) is 6.22. The van der Waals surface area contributed by atoms with Gasteiger partial charge in [0.1, 0.15) is 12.1 Å². The van der Waals surface area contributed by atoms with E-state index in [4.69, 9.17) is 0 Å². The maximum atomic E-state index is 2.41. The average Bonchev–Trinajstić information content (AvgIpc) is 2.40. The van der Waals surface area contributed by atoms with Crippen LogP contribution in [0.4, 0.5) is 0 Å². The summed E-state index contributed by atoms with van der Waals surface area (Å²) < 4.78 is 0. The fourth-order valence-electron chi connectivity index (χ4n) is 2.17. The Balaban J connectivity index is 0.00000162. The SMILES string of the molecule is C[C@H]([NH2+][C@@H](C)c1ccccc1)c1ccccc1.[I-].[I-]. The summed E-state index contributed by atoms with van der Waals surface area (Å²) in [6, 6.07) is 22.3. The third-order valence-electron chi connectivity index (χ3n) is 3.23. The summed E-state index contributed by atoms with van der Waals surface area (Å²) in [6.07, 6.45) is 0. The third-order valence-corrected chi connectivity index (χ3v) is 3.23. The van der Waals surface area contributed by atoms with Crippen molar-refractivity contribution < 1.29 is 53.3 Å². The van der Waals surface area contributed by atoms with Crippen molar-refractivity contribution in [1.82, 2.24) is 0 Å². The summed E-state index contributed by atoms with van der Waals surface area (Å²) in [7, 11) is 0. The van der Waals surface area contributed by atoms with E-state index in [1.165, 1.54) is 11.1 Å². The van der Waals surface area contributed by atoms with Gasteiger partial charge in [-0.3, -0.25) is 0 Å². The Labute approximate surface area is 150 Å². The molecule has 0 unspecified atom stereocenters. The summed E-state index contributed by atoms with van der Waals surface area (Å²) in [5.74, 6) is 0. The van der Waals surface area contributed by atoms with Crippen LogP contribution in [0.2, 0.25) is 0 Å². The van der Waals surface area contributed by atoms with Crippen LogP contribution in [0, 0.1) is 0 Å². The Morgan fingerprint density at radius 1 is 0.632 bits per heavy atom. The van der Waals surface area contributed by atoms with Gasteiger partial charge in [0.05, 0.1) is 0 Å². The summed E-state index contributed by atoms with van der Waals surface area (Å²) in [6.45, 7) is 4.52. The molecule has 0 radical (unpaired) electrons. The van der Waals surface area contributed by atoms with Crippen molar-refractivity contribution in [3.8, 4) is 0 Å². The summed E-state index contributed by atoms with van der Waals surface area (Å²) in [4.78, 5) is 0. The maximum Gasteiger partial charge on any atom is 0.109 e. The Kier molecular flexibility index (Phi) is 9.64. The number of halogens is 2. The number of hydrogen-bond donors (Lipinski definition) is 1. The number of nitrogens with two attached hydrogens (primary N) is 1. The van der Waals surface area contributed by atoms with Crippen LogP contribution in [-0.4, -0.2) is 0 Å². The molecule has 2 aromatic rings. The third kappa shape index (κ3) is 5.79. The molecular formula is C16H20I2N-. The molecule has 0 aliphatic heterocycles. The van der Waals surface area contributed by atoms with Gasteiger partial charge >= 0.3 is 0 Å². The van der Waals surface area contributed by atoms with Crippen molar-refractivity contribution in [3.63, 3.8) is 0 Å². The lowest BCUT2D eigenvalue weighted by molar-refractivity contribution is -0.728. The highest BCUT2D eigenvalue weighted by atomic mass is 127. The van der Waals surface area contributed by atoms with Crippen LogP contribution in [0.5, 0.6) is 0 Å². The van der Waals surface area contributed by atoms with Gasteiger partial charge in [0, 0.05) is 11.1 Å². The molecule has 0 aliphatic carbocycles. The second kappa shape index (κ2) is 9.72. The van der Waals surface area contributed by atoms with Gasteiger partial charge < -0.3 is 53.3 Å². The van der Waals surface area contributed by atoms with Gasteiger partial charge in [-0.15, -0.1) is 0 Å². The molecule has 0 aliphatic rings. The molecule has 2 aromatic carbocycles. The first-order valence-corrected chi connectivity index (χ1v) is 6.22. The highest BCUT2D eigenvalue weighted by molar-refractivity contribution is 5.18. The Bertz CT molecular complexity index is 401. The van der Waals surface area contributed by atoms with Gasteiger partial charge in [0.15, 0.2) is 0 Å². The molecular weight excluding hydrogens is 460 g/mol. The molecule has 0 aromatic heterocycles. The van der Waals surface area contributed by atoms with Crippen LogP contribution < -0.4 is 53.3 Å². The van der Waals surface area contributed by atoms with E-state index < -0.39 is 0 Å². The first-order chi connectivity index (χ1) is 8.27. The predicted molar refractivity (Wildman–Crippen MR) is 71.6 cm³/mol. The summed E-state index contributed by atoms with van der Waals surface area (Å²) in [5, 5.41) is 2.41. The van der Waals surface area contributed by atoms with E-state index in [-0.39, 0.29) is 48.0 Å². The van der Waals surface area contributed by atoms with Crippen LogP contribution >= 0.6 is 0 Å². The number of quaternary nitrogens is 1. The molecule has 0 saturated carbocycles. The molecule has 104 valence electrons. The molecule has 19 heavy (non-hydrogen) atoms. The quantitative estimate of drug-likeness (QED) is 0.453. The zero-order valence-corrected chi connectivity index (χ0v) is 15.6. The second-order valence-electron chi connectivity index (χ2n) is 4.59. The minimum atomic E-state index is 0. The number of rotatable bonds is 4. The monoisotopic (exact) mass is 480 g/mol. The minimum Gasteiger partial charge on any atom is -1.00 e. The molecule has 2 N–H and O–H groups in total. The highest BCUT2D eigenvalue weighted by Crippen LogP contribution is 2.11. The van der Waals surface area contributed by atoms with Crippen molar-refractivity contribution in [2.75, 3.05) is 0 Å². The van der Waals surface area contributed by atoms with E-state index in [1.807, 2.05) is 0 Å². The van der Waals surface area contributed by atoms with E-state index in [9.17, 15) is 0 Å².